The van der Waals surface area contributed by atoms with Crippen molar-refractivity contribution in [3.63, 3.8) is 0 Å². The highest BCUT2D eigenvalue weighted by molar-refractivity contribution is 5.67. The van der Waals surface area contributed by atoms with E-state index in [0.29, 0.717) is 17.0 Å². The molecule has 6 nitrogen and oxygen atoms in total. The molecule has 124 valence electrons. The van der Waals surface area contributed by atoms with Crippen LogP contribution in [0.1, 0.15) is 5.56 Å². The number of aromatic nitrogens is 4. The Morgan fingerprint density at radius 2 is 1.92 bits per heavy atom. The molecule has 0 atom stereocenters. The van der Waals surface area contributed by atoms with Crippen molar-refractivity contribution in [2.75, 3.05) is 5.32 Å². The Balaban J connectivity index is 1.87. The Bertz CT molecular complexity index is 1110. The summed E-state index contributed by atoms with van der Waals surface area (Å²) >= 11 is 0. The summed E-state index contributed by atoms with van der Waals surface area (Å²) in [5.74, 6) is -0.118. The van der Waals surface area contributed by atoms with Crippen molar-refractivity contribution in [2.24, 2.45) is 0 Å². The predicted molar refractivity (Wildman–Crippen MR) is 93.5 cm³/mol. The van der Waals surface area contributed by atoms with Gasteiger partial charge in [-0.25, -0.2) is 23.7 Å². The Kier molecular flexibility index (Phi) is 3.53. The molecule has 0 fully saturated rings. The van der Waals surface area contributed by atoms with Gasteiger partial charge in [0.15, 0.2) is 5.65 Å². The summed E-state index contributed by atoms with van der Waals surface area (Å²) in [6.45, 7) is 2.00. The first-order valence-corrected chi connectivity index (χ1v) is 7.68. The summed E-state index contributed by atoms with van der Waals surface area (Å²) in [4.78, 5) is 16.6. The van der Waals surface area contributed by atoms with E-state index in [1.165, 1.54) is 16.5 Å². The van der Waals surface area contributed by atoms with Crippen LogP contribution in [0.3, 0.4) is 0 Å². The number of nitrogens with zero attached hydrogens (tertiary/aromatic N) is 3. The molecule has 0 spiro atoms. The average Bonchev–Trinajstić information content (AvgIpc) is 2.97. The quantitative estimate of drug-likeness (QED) is 0.602. The smallest absolute Gasteiger partial charge is 0.325 e. The number of aryl methyl sites for hydroxylation is 1. The number of nitrogens with one attached hydrogen (secondary N) is 2. The van der Waals surface area contributed by atoms with Gasteiger partial charge in [0.1, 0.15) is 5.82 Å². The minimum absolute atomic E-state index is 0.262. The van der Waals surface area contributed by atoms with Crippen molar-refractivity contribution in [3.05, 3.63) is 76.5 Å². The zero-order chi connectivity index (χ0) is 17.4. The van der Waals surface area contributed by atoms with Crippen molar-refractivity contribution in [1.82, 2.24) is 19.6 Å². The molecule has 0 aliphatic carbocycles. The zero-order valence-corrected chi connectivity index (χ0v) is 13.3. The minimum atomic E-state index is -0.420. The number of rotatable bonds is 3. The topological polar surface area (TPSA) is 75.1 Å². The van der Waals surface area contributed by atoms with E-state index >= 15 is 0 Å². The highest BCUT2D eigenvalue weighted by Gasteiger charge is 2.12. The SMILES string of the molecule is Cc1ccc(-c2cc3n[nH]c(=O)n3c(Nc3cccc(F)c3)n2)cc1. The van der Waals surface area contributed by atoms with E-state index in [0.717, 1.165) is 11.1 Å². The second-order valence-electron chi connectivity index (χ2n) is 5.69. The molecule has 0 bridgehead atoms. The summed E-state index contributed by atoms with van der Waals surface area (Å²) in [6.07, 6.45) is 0. The number of aromatic amines is 1. The lowest BCUT2D eigenvalue weighted by Gasteiger charge is -2.10. The van der Waals surface area contributed by atoms with Crippen LogP contribution in [0.5, 0.6) is 0 Å². The van der Waals surface area contributed by atoms with E-state index in [9.17, 15) is 9.18 Å². The van der Waals surface area contributed by atoms with Crippen LogP contribution >= 0.6 is 0 Å². The number of hydrogen-bond acceptors (Lipinski definition) is 4. The largest absolute Gasteiger partial charge is 0.350 e. The lowest BCUT2D eigenvalue weighted by Crippen LogP contribution is -2.14. The van der Waals surface area contributed by atoms with Crippen LogP contribution in [0.15, 0.2) is 59.4 Å². The van der Waals surface area contributed by atoms with E-state index in [1.54, 1.807) is 18.2 Å². The third-order valence-corrected chi connectivity index (χ3v) is 3.83. The van der Waals surface area contributed by atoms with Crippen molar-refractivity contribution in [1.29, 1.82) is 0 Å². The summed E-state index contributed by atoms with van der Waals surface area (Å²) < 4.78 is 14.7. The second kappa shape index (κ2) is 5.86. The van der Waals surface area contributed by atoms with Gasteiger partial charge in [-0.3, -0.25) is 0 Å². The van der Waals surface area contributed by atoms with Crippen molar-refractivity contribution < 1.29 is 4.39 Å². The summed E-state index contributed by atoms with van der Waals surface area (Å²) in [5.41, 5.74) is 3.18. The number of anilines is 2. The molecule has 0 unspecified atom stereocenters. The maximum Gasteiger partial charge on any atom is 0.350 e. The number of benzene rings is 2. The first kappa shape index (κ1) is 15.1. The highest BCUT2D eigenvalue weighted by Crippen LogP contribution is 2.23. The van der Waals surface area contributed by atoms with Crippen LogP contribution < -0.4 is 11.0 Å². The first-order chi connectivity index (χ1) is 12.1. The first-order valence-electron chi connectivity index (χ1n) is 7.68. The fourth-order valence-corrected chi connectivity index (χ4v) is 2.58. The third-order valence-electron chi connectivity index (χ3n) is 3.83. The van der Waals surface area contributed by atoms with E-state index in [1.807, 2.05) is 31.2 Å². The number of hydrogen-bond donors (Lipinski definition) is 2. The van der Waals surface area contributed by atoms with Crippen molar-refractivity contribution >= 4 is 17.3 Å². The molecule has 2 aromatic carbocycles. The van der Waals surface area contributed by atoms with Crippen LogP contribution in [0.4, 0.5) is 16.0 Å². The lowest BCUT2D eigenvalue weighted by molar-refractivity contribution is 0.628. The molecule has 4 rings (SSSR count). The predicted octanol–water partition coefficient (Wildman–Crippen LogP) is 3.28. The van der Waals surface area contributed by atoms with Gasteiger partial charge in [0.25, 0.3) is 0 Å². The van der Waals surface area contributed by atoms with Gasteiger partial charge in [0.05, 0.1) is 5.69 Å². The molecular formula is C18H14FN5O. The van der Waals surface area contributed by atoms with Gasteiger partial charge in [-0.05, 0) is 25.1 Å². The van der Waals surface area contributed by atoms with Gasteiger partial charge in [-0.1, -0.05) is 35.9 Å². The molecule has 2 N–H and O–H groups in total. The average molecular weight is 335 g/mol. The van der Waals surface area contributed by atoms with E-state index in [-0.39, 0.29) is 11.8 Å². The molecule has 0 aliphatic rings. The number of H-pyrrole nitrogens is 1. The van der Waals surface area contributed by atoms with Gasteiger partial charge in [-0.15, -0.1) is 0 Å². The van der Waals surface area contributed by atoms with Crippen LogP contribution in [-0.2, 0) is 0 Å². The van der Waals surface area contributed by atoms with Crippen LogP contribution in [0.2, 0.25) is 0 Å². The Morgan fingerprint density at radius 3 is 2.68 bits per heavy atom. The van der Waals surface area contributed by atoms with Gasteiger partial charge >= 0.3 is 5.69 Å². The fraction of sp³-hybridized carbons (Fsp3) is 0.0556. The van der Waals surface area contributed by atoms with Gasteiger partial charge in [-0.2, -0.15) is 5.10 Å². The zero-order valence-electron chi connectivity index (χ0n) is 13.3. The molecule has 0 amide bonds. The second-order valence-corrected chi connectivity index (χ2v) is 5.69. The normalized spacial score (nSPS) is 11.0. The number of fused-ring (bicyclic) bond motifs is 1. The minimum Gasteiger partial charge on any atom is -0.325 e. The molecule has 0 radical (unpaired) electrons. The molecular weight excluding hydrogens is 321 g/mol. The molecule has 25 heavy (non-hydrogen) atoms. The fourth-order valence-electron chi connectivity index (χ4n) is 2.58. The molecule has 2 aromatic heterocycles. The van der Waals surface area contributed by atoms with Crippen LogP contribution in [0.25, 0.3) is 16.9 Å². The van der Waals surface area contributed by atoms with Crippen LogP contribution in [0, 0.1) is 12.7 Å². The van der Waals surface area contributed by atoms with E-state index < -0.39 is 5.69 Å². The monoisotopic (exact) mass is 335 g/mol. The Hall–Kier alpha value is -3.48. The van der Waals surface area contributed by atoms with Gasteiger partial charge < -0.3 is 5.32 Å². The third kappa shape index (κ3) is 2.87. The maximum atomic E-state index is 13.4. The molecule has 0 aliphatic heterocycles. The van der Waals surface area contributed by atoms with Gasteiger partial charge in [0, 0.05) is 17.3 Å². The van der Waals surface area contributed by atoms with Crippen LogP contribution in [-0.4, -0.2) is 19.6 Å². The summed E-state index contributed by atoms with van der Waals surface area (Å²) in [7, 11) is 0. The Morgan fingerprint density at radius 1 is 1.12 bits per heavy atom. The van der Waals surface area contributed by atoms with Gasteiger partial charge in [0.2, 0.25) is 5.95 Å². The molecule has 2 heterocycles. The lowest BCUT2D eigenvalue weighted by atomic mass is 10.1. The summed E-state index contributed by atoms with van der Waals surface area (Å²) in [5, 5.41) is 9.41. The molecule has 4 aromatic rings. The number of halogens is 1. The standard InChI is InChI=1S/C18H14FN5O/c1-11-5-7-12(8-6-11)15-10-16-22-23-18(25)24(16)17(21-15)20-14-4-2-3-13(19)9-14/h2-10H,1H3,(H,20,21)(H,23,25). The highest BCUT2D eigenvalue weighted by atomic mass is 19.1. The molecule has 7 heteroatoms. The van der Waals surface area contributed by atoms with Crippen molar-refractivity contribution in [2.45, 2.75) is 6.92 Å². The van der Waals surface area contributed by atoms with Crippen molar-refractivity contribution in [3.8, 4) is 11.3 Å². The van der Waals surface area contributed by atoms with E-state index in [2.05, 4.69) is 20.5 Å². The molecule has 0 saturated heterocycles. The van der Waals surface area contributed by atoms with E-state index in [4.69, 9.17) is 0 Å². The summed E-state index contributed by atoms with van der Waals surface area (Å²) in [6, 6.07) is 15.5. The molecule has 0 saturated carbocycles. The Labute approximate surface area is 142 Å². The maximum absolute atomic E-state index is 13.4.